The summed E-state index contributed by atoms with van der Waals surface area (Å²) in [6.45, 7) is 3.71. The third-order valence-corrected chi connectivity index (χ3v) is 4.50. The van der Waals surface area contributed by atoms with Crippen LogP contribution in [0.4, 0.5) is 0 Å². The van der Waals surface area contributed by atoms with Crippen LogP contribution in [0.2, 0.25) is 5.32 Å². The molecule has 0 fully saturated rings. The molecule has 0 bridgehead atoms. The molecule has 1 rings (SSSR count). The molecule has 1 aromatic carbocycles. The first-order valence-corrected chi connectivity index (χ1v) is 6.93. The van der Waals surface area contributed by atoms with Crippen LogP contribution in [-0.4, -0.2) is 34.3 Å². The molecule has 0 saturated heterocycles. The van der Waals surface area contributed by atoms with Crippen molar-refractivity contribution in [2.75, 3.05) is 14.2 Å². The van der Waals surface area contributed by atoms with Crippen molar-refractivity contribution in [3.8, 4) is 11.5 Å². The summed E-state index contributed by atoms with van der Waals surface area (Å²) >= 11 is 0.234. The van der Waals surface area contributed by atoms with Gasteiger partial charge in [-0.3, -0.25) is 0 Å². The summed E-state index contributed by atoms with van der Waals surface area (Å²) < 4.78 is 11.6. The average Bonchev–Trinajstić information content (AvgIpc) is 2.35. The molecule has 1 N–H and O–H groups in total. The summed E-state index contributed by atoms with van der Waals surface area (Å²) in [6, 6.07) is 3.70. The first kappa shape index (κ1) is 13.1. The maximum absolute atomic E-state index is 9.33. The zero-order chi connectivity index (χ0) is 12.0. The van der Waals surface area contributed by atoms with Gasteiger partial charge < -0.3 is 0 Å². The van der Waals surface area contributed by atoms with Crippen molar-refractivity contribution in [3.05, 3.63) is 30.4 Å². The van der Waals surface area contributed by atoms with Gasteiger partial charge in [0.1, 0.15) is 0 Å². The molecular weight excluding hydrogens is 271 g/mol. The molecule has 0 aliphatic rings. The van der Waals surface area contributed by atoms with Gasteiger partial charge in [-0.25, -0.2) is 0 Å². The Labute approximate surface area is 102 Å². The van der Waals surface area contributed by atoms with Crippen molar-refractivity contribution < 1.29 is 14.6 Å². The zero-order valence-corrected chi connectivity index (χ0v) is 11.2. The van der Waals surface area contributed by atoms with E-state index in [9.17, 15) is 5.11 Å². The minimum absolute atomic E-state index is 0.00177. The molecule has 16 heavy (non-hydrogen) atoms. The number of hydrogen-bond donors (Lipinski definition) is 1. The Morgan fingerprint density at radius 1 is 1.38 bits per heavy atom. The molecule has 0 unspecified atom stereocenters. The normalized spacial score (nSPS) is 9.94. The molecule has 1 aromatic rings. The van der Waals surface area contributed by atoms with Crippen LogP contribution in [0.1, 0.15) is 5.56 Å². The summed E-state index contributed by atoms with van der Waals surface area (Å²) in [5.41, 5.74) is 0.873. The van der Waals surface area contributed by atoms with Crippen molar-refractivity contribution in [2.24, 2.45) is 0 Å². The fraction of sp³-hybridized carbons (Fsp3) is 0.333. The minimum atomic E-state index is 0.00177. The van der Waals surface area contributed by atoms with Crippen LogP contribution in [0, 0.1) is 0 Å². The van der Waals surface area contributed by atoms with E-state index in [-0.39, 0.29) is 21.6 Å². The van der Waals surface area contributed by atoms with Gasteiger partial charge in [0, 0.05) is 0 Å². The van der Waals surface area contributed by atoms with E-state index in [2.05, 4.69) is 6.58 Å². The second-order valence-corrected chi connectivity index (χ2v) is 5.24. The molecule has 0 saturated carbocycles. The molecule has 0 aromatic heterocycles. The Hall–Kier alpha value is -0.961. The number of aliphatic hydroxyl groups is 1. The van der Waals surface area contributed by atoms with Crippen LogP contribution in [0.25, 0.3) is 0 Å². The molecule has 4 heteroatoms. The van der Waals surface area contributed by atoms with E-state index in [4.69, 9.17) is 9.47 Å². The van der Waals surface area contributed by atoms with E-state index >= 15 is 0 Å². The molecule has 0 heterocycles. The number of ether oxygens (including phenoxy) is 2. The molecule has 0 aliphatic carbocycles. The number of rotatable bonds is 6. The Morgan fingerprint density at radius 3 is 2.62 bits per heavy atom. The Balaban J connectivity index is 3.14. The quantitative estimate of drug-likeness (QED) is 0.630. The van der Waals surface area contributed by atoms with Gasteiger partial charge in [-0.1, -0.05) is 0 Å². The SMILES string of the molecule is C=CC[Se]c1c(CO)cc(OC)cc1OC. The topological polar surface area (TPSA) is 38.7 Å². The first-order valence-electron chi connectivity index (χ1n) is 4.86. The third-order valence-electron chi connectivity index (χ3n) is 2.08. The maximum atomic E-state index is 9.33. The monoisotopic (exact) mass is 288 g/mol. The number of allylic oxidation sites excluding steroid dienone is 1. The molecule has 0 radical (unpaired) electrons. The van der Waals surface area contributed by atoms with Crippen LogP contribution >= 0.6 is 0 Å². The fourth-order valence-corrected chi connectivity index (χ4v) is 3.17. The van der Waals surface area contributed by atoms with Crippen LogP contribution in [-0.2, 0) is 6.61 Å². The summed E-state index contributed by atoms with van der Waals surface area (Å²) in [5.74, 6) is 1.49. The second-order valence-electron chi connectivity index (χ2n) is 3.08. The molecule has 88 valence electrons. The van der Waals surface area contributed by atoms with Gasteiger partial charge in [0.25, 0.3) is 0 Å². The van der Waals surface area contributed by atoms with Crippen LogP contribution in [0.5, 0.6) is 11.5 Å². The average molecular weight is 287 g/mol. The predicted molar refractivity (Wildman–Crippen MR) is 65.9 cm³/mol. The fourth-order valence-electron chi connectivity index (χ4n) is 1.32. The first-order chi connectivity index (χ1) is 7.76. The summed E-state index contributed by atoms with van der Waals surface area (Å²) in [6.07, 6.45) is 1.88. The number of aliphatic hydroxyl groups excluding tert-OH is 1. The molecule has 0 spiro atoms. The predicted octanol–water partition coefficient (Wildman–Crippen LogP) is 1.13. The van der Waals surface area contributed by atoms with E-state index in [0.717, 1.165) is 21.1 Å². The summed E-state index contributed by atoms with van der Waals surface area (Å²) in [4.78, 5) is 0. The van der Waals surface area contributed by atoms with Crippen molar-refractivity contribution >= 4 is 19.4 Å². The molecule has 0 aliphatic heterocycles. The number of methoxy groups -OCH3 is 2. The summed E-state index contributed by atoms with van der Waals surface area (Å²) in [7, 11) is 3.23. The van der Waals surface area contributed by atoms with Gasteiger partial charge in [-0.2, -0.15) is 0 Å². The zero-order valence-electron chi connectivity index (χ0n) is 9.53. The van der Waals surface area contributed by atoms with Crippen LogP contribution < -0.4 is 13.9 Å². The molecule has 3 nitrogen and oxygen atoms in total. The number of hydrogen-bond acceptors (Lipinski definition) is 3. The molecular formula is C12H16O3Se. The third kappa shape index (κ3) is 3.01. The van der Waals surface area contributed by atoms with Gasteiger partial charge in [-0.05, 0) is 0 Å². The molecule has 0 atom stereocenters. The van der Waals surface area contributed by atoms with E-state index in [1.54, 1.807) is 14.2 Å². The van der Waals surface area contributed by atoms with E-state index in [1.807, 2.05) is 18.2 Å². The Morgan fingerprint density at radius 2 is 2.12 bits per heavy atom. The van der Waals surface area contributed by atoms with Gasteiger partial charge in [0.15, 0.2) is 0 Å². The molecule has 0 amide bonds. The van der Waals surface area contributed by atoms with E-state index in [1.165, 1.54) is 0 Å². The van der Waals surface area contributed by atoms with Crippen LogP contribution in [0.15, 0.2) is 24.8 Å². The Kier molecular flexibility index (Phi) is 5.39. The summed E-state index contributed by atoms with van der Waals surface area (Å²) in [5, 5.41) is 10.3. The van der Waals surface area contributed by atoms with Crippen molar-refractivity contribution in [2.45, 2.75) is 11.9 Å². The van der Waals surface area contributed by atoms with Crippen molar-refractivity contribution in [1.82, 2.24) is 0 Å². The number of benzene rings is 1. The standard InChI is InChI=1S/C12H16O3Se/c1-4-5-16-12-9(8-13)6-10(14-2)7-11(12)15-3/h4,6-7,13H,1,5,8H2,2-3H3. The van der Waals surface area contributed by atoms with Crippen molar-refractivity contribution in [1.29, 1.82) is 0 Å². The Bertz CT molecular complexity index is 338. The van der Waals surface area contributed by atoms with Gasteiger partial charge in [-0.15, -0.1) is 0 Å². The second kappa shape index (κ2) is 6.59. The van der Waals surface area contributed by atoms with Gasteiger partial charge in [0.2, 0.25) is 0 Å². The van der Waals surface area contributed by atoms with E-state index < -0.39 is 0 Å². The van der Waals surface area contributed by atoms with Crippen molar-refractivity contribution in [3.63, 3.8) is 0 Å². The van der Waals surface area contributed by atoms with Crippen LogP contribution in [0.3, 0.4) is 0 Å². The van der Waals surface area contributed by atoms with E-state index in [0.29, 0.717) is 5.75 Å². The van der Waals surface area contributed by atoms with Gasteiger partial charge >= 0.3 is 102 Å². The van der Waals surface area contributed by atoms with Gasteiger partial charge in [0.05, 0.1) is 0 Å².